The van der Waals surface area contributed by atoms with Crippen molar-refractivity contribution in [3.8, 4) is 0 Å². The monoisotopic (exact) mass is 201 g/mol. The Labute approximate surface area is 87.2 Å². The van der Waals surface area contributed by atoms with Gasteiger partial charge in [-0.15, -0.1) is 0 Å². The molecule has 0 amide bonds. The number of rotatable bonds is 2. The lowest BCUT2D eigenvalue weighted by Crippen LogP contribution is -2.65. The van der Waals surface area contributed by atoms with Gasteiger partial charge in [-0.05, 0) is 20.8 Å². The lowest BCUT2D eigenvalue weighted by molar-refractivity contribution is -0.922. The fraction of sp³-hybridized carbons (Fsp3) is 1.00. The van der Waals surface area contributed by atoms with E-state index in [-0.39, 0.29) is 16.3 Å². The van der Waals surface area contributed by atoms with E-state index in [0.29, 0.717) is 12.5 Å². The molecule has 0 spiro atoms. The molecular formula is C11H23NO2. The molecule has 3 atom stereocenters. The molecule has 3 unspecified atom stereocenters. The van der Waals surface area contributed by atoms with Gasteiger partial charge in [0, 0.05) is 18.9 Å². The minimum Gasteiger partial charge on any atom is -0.633 e. The van der Waals surface area contributed by atoms with Crippen molar-refractivity contribution < 1.29 is 9.38 Å². The van der Waals surface area contributed by atoms with Crippen LogP contribution < -0.4 is 0 Å². The zero-order valence-electron chi connectivity index (χ0n) is 10.0. The zero-order valence-corrected chi connectivity index (χ0v) is 10.0. The predicted octanol–water partition coefficient (Wildman–Crippen LogP) is 2.15. The van der Waals surface area contributed by atoms with E-state index in [0.717, 1.165) is 13.0 Å². The molecule has 3 nitrogen and oxygen atoms in total. The first kappa shape index (κ1) is 12.0. The van der Waals surface area contributed by atoms with Crippen LogP contribution in [0.25, 0.3) is 0 Å². The molecule has 0 aromatic carbocycles. The molecule has 1 heterocycles. The van der Waals surface area contributed by atoms with Crippen LogP contribution in [0.2, 0.25) is 0 Å². The van der Waals surface area contributed by atoms with Gasteiger partial charge in [-0.3, -0.25) is 0 Å². The van der Waals surface area contributed by atoms with E-state index in [1.165, 1.54) is 0 Å². The van der Waals surface area contributed by atoms with Crippen molar-refractivity contribution in [1.29, 1.82) is 0 Å². The van der Waals surface area contributed by atoms with Gasteiger partial charge in [0.25, 0.3) is 0 Å². The van der Waals surface area contributed by atoms with Crippen LogP contribution in [0, 0.1) is 11.1 Å². The molecule has 3 heteroatoms. The fourth-order valence-electron chi connectivity index (χ4n) is 2.24. The van der Waals surface area contributed by atoms with E-state index in [4.69, 9.17) is 4.74 Å². The van der Waals surface area contributed by atoms with E-state index in [2.05, 4.69) is 20.8 Å². The van der Waals surface area contributed by atoms with Gasteiger partial charge in [-0.2, -0.15) is 0 Å². The van der Waals surface area contributed by atoms with Gasteiger partial charge in [0.1, 0.15) is 0 Å². The maximum absolute atomic E-state index is 12.2. The van der Waals surface area contributed by atoms with Gasteiger partial charge < -0.3 is 14.6 Å². The Morgan fingerprint density at radius 2 is 2.07 bits per heavy atom. The maximum atomic E-state index is 12.2. The summed E-state index contributed by atoms with van der Waals surface area (Å²) in [6.07, 6.45) is 1.15. The highest BCUT2D eigenvalue weighted by Crippen LogP contribution is 2.38. The lowest BCUT2D eigenvalue weighted by Gasteiger charge is -2.58. The van der Waals surface area contributed by atoms with Crippen molar-refractivity contribution in [3.05, 3.63) is 5.21 Å². The molecule has 0 aliphatic carbocycles. The summed E-state index contributed by atoms with van der Waals surface area (Å²) in [5.74, 6) is 0.318. The average molecular weight is 201 g/mol. The third-order valence-corrected chi connectivity index (χ3v) is 4.11. The topological polar surface area (TPSA) is 32.3 Å². The molecule has 1 saturated heterocycles. The van der Waals surface area contributed by atoms with Crippen LogP contribution in [0.3, 0.4) is 0 Å². The summed E-state index contributed by atoms with van der Waals surface area (Å²) in [5.41, 5.74) is -0.238. The Bertz CT molecular complexity index is 201. The second-order valence-corrected chi connectivity index (χ2v) is 5.05. The number of ether oxygens (including phenoxy) is 1. The minimum absolute atomic E-state index is 0.141. The molecule has 0 N–H and O–H groups in total. The van der Waals surface area contributed by atoms with Gasteiger partial charge >= 0.3 is 0 Å². The summed E-state index contributed by atoms with van der Waals surface area (Å²) in [6.45, 7) is 9.66. The molecule has 1 aliphatic heterocycles. The number of hydrogen-bond acceptors (Lipinski definition) is 2. The maximum Gasteiger partial charge on any atom is 0.0981 e. The number of hydroxylamine groups is 3. The molecule has 1 rings (SSSR count). The van der Waals surface area contributed by atoms with Gasteiger partial charge in [-0.1, -0.05) is 6.92 Å². The molecule has 0 bridgehead atoms. The predicted molar refractivity (Wildman–Crippen MR) is 57.7 cm³/mol. The van der Waals surface area contributed by atoms with Gasteiger partial charge in [0.15, 0.2) is 0 Å². The number of quaternary nitrogens is 1. The summed E-state index contributed by atoms with van der Waals surface area (Å²) >= 11 is 0. The second-order valence-electron chi connectivity index (χ2n) is 5.05. The van der Waals surface area contributed by atoms with Crippen molar-refractivity contribution in [1.82, 2.24) is 0 Å². The van der Waals surface area contributed by atoms with Crippen LogP contribution >= 0.6 is 0 Å². The first-order valence-corrected chi connectivity index (χ1v) is 5.51. The molecule has 0 aromatic rings. The number of nitrogens with zero attached hydrogens (tertiary/aromatic N) is 1. The van der Waals surface area contributed by atoms with Gasteiger partial charge in [0.05, 0.1) is 25.2 Å². The van der Waals surface area contributed by atoms with Gasteiger partial charge in [0.2, 0.25) is 0 Å². The zero-order chi connectivity index (χ0) is 11.0. The summed E-state index contributed by atoms with van der Waals surface area (Å²) in [4.78, 5) is 0. The van der Waals surface area contributed by atoms with Crippen LogP contribution in [0.5, 0.6) is 0 Å². The summed E-state index contributed by atoms with van der Waals surface area (Å²) in [6, 6.07) is 0. The number of hydrogen-bond donors (Lipinski definition) is 0. The highest BCUT2D eigenvalue weighted by atomic mass is 16.6. The molecular weight excluding hydrogens is 178 g/mol. The van der Waals surface area contributed by atoms with E-state index in [1.54, 1.807) is 7.05 Å². The average Bonchev–Trinajstić information content (AvgIpc) is 2.08. The van der Waals surface area contributed by atoms with E-state index < -0.39 is 0 Å². The van der Waals surface area contributed by atoms with Crippen molar-refractivity contribution in [2.75, 3.05) is 20.2 Å². The molecule has 1 fully saturated rings. The molecule has 84 valence electrons. The van der Waals surface area contributed by atoms with Crippen molar-refractivity contribution >= 4 is 0 Å². The molecule has 14 heavy (non-hydrogen) atoms. The third kappa shape index (κ3) is 1.81. The van der Waals surface area contributed by atoms with Crippen LogP contribution in [0.15, 0.2) is 0 Å². The smallest absolute Gasteiger partial charge is 0.0981 e. The Kier molecular flexibility index (Phi) is 3.24. The van der Waals surface area contributed by atoms with Gasteiger partial charge in [-0.25, -0.2) is 0 Å². The Balaban J connectivity index is 2.78. The summed E-state index contributed by atoms with van der Waals surface area (Å²) in [5, 5.41) is 12.2. The highest BCUT2D eigenvalue weighted by Gasteiger charge is 2.47. The van der Waals surface area contributed by atoms with Crippen molar-refractivity contribution in [2.45, 2.75) is 45.8 Å². The normalized spacial score (nSPS) is 42.4. The largest absolute Gasteiger partial charge is 0.633 e. The molecule has 0 saturated carbocycles. The Hall–Kier alpha value is -0.120. The van der Waals surface area contributed by atoms with Crippen molar-refractivity contribution in [3.63, 3.8) is 0 Å². The Morgan fingerprint density at radius 3 is 2.57 bits per heavy atom. The van der Waals surface area contributed by atoms with Crippen LogP contribution in [0.1, 0.15) is 34.1 Å². The van der Waals surface area contributed by atoms with Crippen LogP contribution in [-0.4, -0.2) is 36.5 Å². The van der Waals surface area contributed by atoms with E-state index >= 15 is 0 Å². The second kappa shape index (κ2) is 3.80. The minimum atomic E-state index is -0.238. The molecule has 1 aliphatic rings. The summed E-state index contributed by atoms with van der Waals surface area (Å²) in [7, 11) is 1.78. The number of piperidine rings is 1. The molecule has 0 radical (unpaired) electrons. The lowest BCUT2D eigenvalue weighted by atomic mass is 9.78. The quantitative estimate of drug-likeness (QED) is 0.506. The van der Waals surface area contributed by atoms with Crippen molar-refractivity contribution in [2.24, 2.45) is 5.92 Å². The molecule has 0 aromatic heterocycles. The van der Waals surface area contributed by atoms with Crippen LogP contribution in [-0.2, 0) is 4.74 Å². The van der Waals surface area contributed by atoms with E-state index in [9.17, 15) is 5.21 Å². The highest BCUT2D eigenvalue weighted by molar-refractivity contribution is 4.87. The summed E-state index contributed by atoms with van der Waals surface area (Å²) < 4.78 is 5.53. The first-order chi connectivity index (χ1) is 6.33. The standard InChI is InChI=1S/C11H23NO2/c1-6-14-10-7-8-12(5,13)11(3,4)9(10)2/h9-10H,6-8H2,1-5H3. The Morgan fingerprint density at radius 1 is 1.50 bits per heavy atom. The fourth-order valence-corrected chi connectivity index (χ4v) is 2.24. The number of likely N-dealkylation sites (tertiary alicyclic amines) is 1. The third-order valence-electron chi connectivity index (χ3n) is 4.11. The van der Waals surface area contributed by atoms with E-state index in [1.807, 2.05) is 6.92 Å². The first-order valence-electron chi connectivity index (χ1n) is 5.51. The van der Waals surface area contributed by atoms with Crippen LogP contribution in [0.4, 0.5) is 0 Å². The SMILES string of the molecule is CCOC1CC[N+](C)([O-])C(C)(C)C1C.